The summed E-state index contributed by atoms with van der Waals surface area (Å²) in [6.07, 6.45) is 0. The first kappa shape index (κ1) is 14.9. The van der Waals surface area contributed by atoms with Crippen LogP contribution in [0.25, 0.3) is 0 Å². The van der Waals surface area contributed by atoms with Crippen LogP contribution in [0.1, 0.15) is 17.2 Å². The lowest BCUT2D eigenvalue weighted by Gasteiger charge is -2.15. The minimum Gasteiger partial charge on any atom is -0.480 e. The van der Waals surface area contributed by atoms with Gasteiger partial charge in [-0.1, -0.05) is 53.5 Å². The standard InChI is InChI=1S/C15H13Cl2NO2/c16-12-6-11(7-13(17)8-12)14(15(19)20)18-9-10-4-2-1-3-5-10/h1-8,14,18H,9H2,(H,19,20). The molecule has 0 saturated heterocycles. The summed E-state index contributed by atoms with van der Waals surface area (Å²) in [7, 11) is 0. The van der Waals surface area contributed by atoms with Crippen LogP contribution >= 0.6 is 23.2 Å². The molecule has 2 aromatic carbocycles. The molecule has 0 spiro atoms. The first-order valence-electron chi connectivity index (χ1n) is 6.02. The third-order valence-corrected chi connectivity index (χ3v) is 3.25. The number of carboxylic acid groups (broad SMARTS) is 1. The van der Waals surface area contributed by atoms with E-state index in [1.807, 2.05) is 30.3 Å². The zero-order valence-electron chi connectivity index (χ0n) is 10.5. The summed E-state index contributed by atoms with van der Waals surface area (Å²) in [5.41, 5.74) is 1.54. The van der Waals surface area contributed by atoms with E-state index in [0.29, 0.717) is 22.2 Å². The van der Waals surface area contributed by atoms with Crippen molar-refractivity contribution in [3.63, 3.8) is 0 Å². The summed E-state index contributed by atoms with van der Waals surface area (Å²) in [5.74, 6) is -0.973. The fraction of sp³-hybridized carbons (Fsp3) is 0.133. The van der Waals surface area contributed by atoms with Gasteiger partial charge in [0, 0.05) is 16.6 Å². The molecule has 0 aromatic heterocycles. The molecule has 0 aliphatic rings. The van der Waals surface area contributed by atoms with E-state index in [0.717, 1.165) is 5.56 Å². The summed E-state index contributed by atoms with van der Waals surface area (Å²) in [5, 5.41) is 13.2. The Bertz CT molecular complexity index is 582. The molecule has 0 fully saturated rings. The molecule has 0 saturated carbocycles. The topological polar surface area (TPSA) is 49.3 Å². The van der Waals surface area contributed by atoms with Crippen LogP contribution in [0, 0.1) is 0 Å². The number of carbonyl (C=O) groups is 1. The van der Waals surface area contributed by atoms with Crippen molar-refractivity contribution in [3.05, 3.63) is 69.7 Å². The molecule has 1 unspecified atom stereocenters. The number of benzene rings is 2. The van der Waals surface area contributed by atoms with E-state index in [4.69, 9.17) is 23.2 Å². The normalized spacial score (nSPS) is 12.1. The van der Waals surface area contributed by atoms with E-state index in [-0.39, 0.29) is 0 Å². The van der Waals surface area contributed by atoms with Crippen LogP contribution in [0.3, 0.4) is 0 Å². The Hall–Kier alpha value is -1.55. The van der Waals surface area contributed by atoms with Crippen LogP contribution < -0.4 is 5.32 Å². The molecule has 2 aromatic rings. The van der Waals surface area contributed by atoms with E-state index in [9.17, 15) is 9.90 Å². The molecule has 0 aliphatic heterocycles. The first-order chi connectivity index (χ1) is 9.56. The average molecular weight is 310 g/mol. The number of halogens is 2. The van der Waals surface area contributed by atoms with Crippen LogP contribution in [-0.2, 0) is 11.3 Å². The zero-order valence-corrected chi connectivity index (χ0v) is 12.0. The van der Waals surface area contributed by atoms with Crippen molar-refractivity contribution in [3.8, 4) is 0 Å². The monoisotopic (exact) mass is 309 g/mol. The van der Waals surface area contributed by atoms with Crippen LogP contribution in [-0.4, -0.2) is 11.1 Å². The van der Waals surface area contributed by atoms with E-state index in [2.05, 4.69) is 5.32 Å². The molecule has 2 N–H and O–H groups in total. The number of hydrogen-bond acceptors (Lipinski definition) is 2. The molecular formula is C15H13Cl2NO2. The third kappa shape index (κ3) is 3.97. The highest BCUT2D eigenvalue weighted by Gasteiger charge is 2.20. The molecule has 0 heterocycles. The number of hydrogen-bond donors (Lipinski definition) is 2. The largest absolute Gasteiger partial charge is 0.480 e. The highest BCUT2D eigenvalue weighted by molar-refractivity contribution is 6.34. The lowest BCUT2D eigenvalue weighted by Crippen LogP contribution is -2.28. The second-order valence-electron chi connectivity index (χ2n) is 4.34. The molecule has 1 atom stereocenters. The first-order valence-corrected chi connectivity index (χ1v) is 6.78. The third-order valence-electron chi connectivity index (χ3n) is 2.82. The van der Waals surface area contributed by atoms with Crippen LogP contribution in [0.4, 0.5) is 0 Å². The molecule has 5 heteroatoms. The van der Waals surface area contributed by atoms with Gasteiger partial charge in [0.2, 0.25) is 0 Å². The fourth-order valence-electron chi connectivity index (χ4n) is 1.91. The van der Waals surface area contributed by atoms with Gasteiger partial charge in [0.25, 0.3) is 0 Å². The minimum absolute atomic E-state index is 0.417. The van der Waals surface area contributed by atoms with Gasteiger partial charge >= 0.3 is 5.97 Å². The van der Waals surface area contributed by atoms with Gasteiger partial charge in [-0.05, 0) is 29.3 Å². The van der Waals surface area contributed by atoms with Gasteiger partial charge in [-0.25, -0.2) is 0 Å². The smallest absolute Gasteiger partial charge is 0.325 e. The maximum Gasteiger partial charge on any atom is 0.325 e. The Morgan fingerprint density at radius 2 is 1.70 bits per heavy atom. The SMILES string of the molecule is O=C(O)C(NCc1ccccc1)c1cc(Cl)cc(Cl)c1. The average Bonchev–Trinajstić information content (AvgIpc) is 2.38. The van der Waals surface area contributed by atoms with Crippen molar-refractivity contribution >= 4 is 29.2 Å². The summed E-state index contributed by atoms with van der Waals surface area (Å²) >= 11 is 11.8. The maximum absolute atomic E-state index is 11.4. The Kier molecular flexibility index (Phi) is 5.01. The molecular weight excluding hydrogens is 297 g/mol. The number of aliphatic carboxylic acids is 1. The van der Waals surface area contributed by atoms with Gasteiger partial charge in [-0.15, -0.1) is 0 Å². The van der Waals surface area contributed by atoms with Crippen LogP contribution in [0.5, 0.6) is 0 Å². The Balaban J connectivity index is 2.17. The van der Waals surface area contributed by atoms with Crippen LogP contribution in [0.2, 0.25) is 10.0 Å². The second kappa shape index (κ2) is 6.75. The minimum atomic E-state index is -0.973. The van der Waals surface area contributed by atoms with Crippen molar-refractivity contribution in [1.29, 1.82) is 0 Å². The molecule has 3 nitrogen and oxygen atoms in total. The van der Waals surface area contributed by atoms with Gasteiger partial charge in [-0.3, -0.25) is 10.1 Å². The highest BCUT2D eigenvalue weighted by Crippen LogP contribution is 2.24. The summed E-state index contributed by atoms with van der Waals surface area (Å²) in [6.45, 7) is 0.446. The van der Waals surface area contributed by atoms with Gasteiger partial charge in [0.1, 0.15) is 6.04 Å². The Morgan fingerprint density at radius 1 is 1.10 bits per heavy atom. The predicted molar refractivity (Wildman–Crippen MR) is 80.1 cm³/mol. The van der Waals surface area contributed by atoms with E-state index in [1.54, 1.807) is 18.2 Å². The van der Waals surface area contributed by atoms with E-state index in [1.165, 1.54) is 0 Å². The van der Waals surface area contributed by atoms with E-state index >= 15 is 0 Å². The lowest BCUT2D eigenvalue weighted by molar-refractivity contribution is -0.139. The van der Waals surface area contributed by atoms with Gasteiger partial charge < -0.3 is 5.11 Å². The Labute approximate surface area is 127 Å². The Morgan fingerprint density at radius 3 is 2.25 bits per heavy atom. The van der Waals surface area contributed by atoms with Gasteiger partial charge in [0.15, 0.2) is 0 Å². The quantitative estimate of drug-likeness (QED) is 0.880. The molecule has 0 radical (unpaired) electrons. The maximum atomic E-state index is 11.4. The van der Waals surface area contributed by atoms with Crippen molar-refractivity contribution in [2.45, 2.75) is 12.6 Å². The number of nitrogens with one attached hydrogen (secondary N) is 1. The summed E-state index contributed by atoms with van der Waals surface area (Å²) in [6, 6.07) is 13.5. The molecule has 2 rings (SSSR count). The van der Waals surface area contributed by atoms with Crippen molar-refractivity contribution in [2.24, 2.45) is 0 Å². The second-order valence-corrected chi connectivity index (χ2v) is 5.21. The number of carboxylic acids is 1. The predicted octanol–water partition coefficient (Wildman–Crippen LogP) is 3.91. The molecule has 0 amide bonds. The summed E-state index contributed by atoms with van der Waals surface area (Å²) in [4.78, 5) is 11.4. The molecule has 20 heavy (non-hydrogen) atoms. The molecule has 0 aliphatic carbocycles. The van der Waals surface area contributed by atoms with Crippen molar-refractivity contribution < 1.29 is 9.90 Å². The number of rotatable bonds is 5. The van der Waals surface area contributed by atoms with E-state index < -0.39 is 12.0 Å². The zero-order chi connectivity index (χ0) is 14.5. The van der Waals surface area contributed by atoms with Crippen molar-refractivity contribution in [1.82, 2.24) is 5.32 Å². The van der Waals surface area contributed by atoms with Gasteiger partial charge in [0.05, 0.1) is 0 Å². The molecule has 104 valence electrons. The lowest BCUT2D eigenvalue weighted by atomic mass is 10.1. The van der Waals surface area contributed by atoms with Gasteiger partial charge in [-0.2, -0.15) is 0 Å². The summed E-state index contributed by atoms with van der Waals surface area (Å²) < 4.78 is 0. The van der Waals surface area contributed by atoms with Crippen molar-refractivity contribution in [2.75, 3.05) is 0 Å². The molecule has 0 bridgehead atoms. The fourth-order valence-corrected chi connectivity index (χ4v) is 2.45. The highest BCUT2D eigenvalue weighted by atomic mass is 35.5. The van der Waals surface area contributed by atoms with Crippen LogP contribution in [0.15, 0.2) is 48.5 Å².